The number of H-pyrrole nitrogens is 1. The van der Waals surface area contributed by atoms with Crippen LogP contribution in [-0.2, 0) is 0 Å². The quantitative estimate of drug-likeness (QED) is 0.635. The number of fused-ring (bicyclic) bond motifs is 1. The molecule has 0 amide bonds. The molecule has 0 aliphatic rings. The minimum atomic E-state index is -1.10. The highest BCUT2D eigenvalue weighted by Gasteiger charge is 2.14. The zero-order valence-corrected chi connectivity index (χ0v) is 10.3. The number of hydrogen-bond acceptors (Lipinski definition) is 4. The highest BCUT2D eigenvalue weighted by atomic mass is 19.1. The van der Waals surface area contributed by atoms with E-state index in [1.165, 1.54) is 12.1 Å². The van der Waals surface area contributed by atoms with Crippen LogP contribution in [0.15, 0.2) is 33.5 Å². The molecular formula is C13H8F3N3O2. The standard InChI is InChI=1S/C13H8F3N3O2/c14-5-1-6(15)12(7(16)2-5)18-9-4-10-11(3-8(9)17)21-13(20)19-10/h1-4,18H,17H2,(H,19,20). The molecule has 0 radical (unpaired) electrons. The lowest BCUT2D eigenvalue weighted by atomic mass is 10.2. The molecule has 3 rings (SSSR count). The third kappa shape index (κ3) is 2.31. The Balaban J connectivity index is 2.09. The second-order valence-electron chi connectivity index (χ2n) is 4.32. The van der Waals surface area contributed by atoms with Crippen LogP contribution in [0.25, 0.3) is 11.1 Å². The van der Waals surface area contributed by atoms with Crippen molar-refractivity contribution in [1.82, 2.24) is 4.98 Å². The summed E-state index contributed by atoms with van der Waals surface area (Å²) in [7, 11) is 0. The Morgan fingerprint density at radius 1 is 1.10 bits per heavy atom. The first-order valence-corrected chi connectivity index (χ1v) is 5.78. The van der Waals surface area contributed by atoms with Crippen molar-refractivity contribution in [3.8, 4) is 0 Å². The number of nitrogens with two attached hydrogens (primary N) is 1. The average molecular weight is 295 g/mol. The van der Waals surface area contributed by atoms with Crippen molar-refractivity contribution in [3.63, 3.8) is 0 Å². The van der Waals surface area contributed by atoms with Gasteiger partial charge in [0.1, 0.15) is 11.5 Å². The summed E-state index contributed by atoms with van der Waals surface area (Å²) in [5.41, 5.74) is 5.93. The lowest BCUT2D eigenvalue weighted by Gasteiger charge is -2.11. The predicted octanol–water partition coefficient (Wildman–Crippen LogP) is 2.86. The molecule has 2 aromatic carbocycles. The first-order valence-electron chi connectivity index (χ1n) is 5.78. The van der Waals surface area contributed by atoms with Gasteiger partial charge in [-0.25, -0.2) is 18.0 Å². The molecule has 0 unspecified atom stereocenters. The Bertz CT molecular complexity index is 878. The van der Waals surface area contributed by atoms with Gasteiger partial charge in [-0.15, -0.1) is 0 Å². The molecule has 1 aromatic heterocycles. The van der Waals surface area contributed by atoms with Crippen LogP contribution < -0.4 is 16.8 Å². The number of anilines is 3. The topological polar surface area (TPSA) is 84.0 Å². The van der Waals surface area contributed by atoms with Crippen molar-refractivity contribution in [1.29, 1.82) is 0 Å². The summed E-state index contributed by atoms with van der Waals surface area (Å²) >= 11 is 0. The smallest absolute Gasteiger partial charge is 0.408 e. The Kier molecular flexibility index (Phi) is 2.86. The van der Waals surface area contributed by atoms with Crippen molar-refractivity contribution in [3.05, 3.63) is 52.3 Å². The molecule has 3 aromatic rings. The Labute approximate surface area is 115 Å². The van der Waals surface area contributed by atoms with Gasteiger partial charge in [-0.05, 0) is 6.07 Å². The number of hydrogen-bond donors (Lipinski definition) is 3. The van der Waals surface area contributed by atoms with Crippen LogP contribution in [-0.4, -0.2) is 4.98 Å². The zero-order chi connectivity index (χ0) is 15.1. The van der Waals surface area contributed by atoms with Crippen LogP contribution >= 0.6 is 0 Å². The summed E-state index contributed by atoms with van der Waals surface area (Å²) in [6.07, 6.45) is 0. The SMILES string of the molecule is Nc1cc2oc(=O)[nH]c2cc1Nc1c(F)cc(F)cc1F. The van der Waals surface area contributed by atoms with E-state index in [1.807, 2.05) is 0 Å². The minimum Gasteiger partial charge on any atom is -0.408 e. The van der Waals surface area contributed by atoms with Gasteiger partial charge in [-0.3, -0.25) is 4.98 Å². The number of rotatable bonds is 2. The lowest BCUT2D eigenvalue weighted by Crippen LogP contribution is -2.01. The van der Waals surface area contributed by atoms with Crippen LogP contribution in [0.2, 0.25) is 0 Å². The maximum absolute atomic E-state index is 13.6. The Morgan fingerprint density at radius 3 is 2.43 bits per heavy atom. The van der Waals surface area contributed by atoms with E-state index in [1.54, 1.807) is 0 Å². The summed E-state index contributed by atoms with van der Waals surface area (Å²) in [5.74, 6) is -3.92. The summed E-state index contributed by atoms with van der Waals surface area (Å²) in [6.45, 7) is 0. The monoisotopic (exact) mass is 295 g/mol. The molecule has 0 fully saturated rings. The molecule has 0 saturated carbocycles. The third-order valence-electron chi connectivity index (χ3n) is 2.86. The van der Waals surface area contributed by atoms with Crippen molar-refractivity contribution in [2.75, 3.05) is 11.1 Å². The maximum atomic E-state index is 13.6. The molecule has 1 heterocycles. The normalized spacial score (nSPS) is 11.0. The number of halogens is 3. The largest absolute Gasteiger partial charge is 0.417 e. The van der Waals surface area contributed by atoms with Gasteiger partial charge in [0.05, 0.1) is 16.9 Å². The second kappa shape index (κ2) is 4.58. The van der Waals surface area contributed by atoms with E-state index in [2.05, 4.69) is 10.3 Å². The van der Waals surface area contributed by atoms with Gasteiger partial charge in [0.25, 0.3) is 0 Å². The predicted molar refractivity (Wildman–Crippen MR) is 70.8 cm³/mol. The maximum Gasteiger partial charge on any atom is 0.417 e. The van der Waals surface area contributed by atoms with Gasteiger partial charge in [-0.2, -0.15) is 0 Å². The van der Waals surface area contributed by atoms with Gasteiger partial charge in [0, 0.05) is 18.2 Å². The molecule has 108 valence electrons. The van der Waals surface area contributed by atoms with E-state index < -0.39 is 28.9 Å². The van der Waals surface area contributed by atoms with Crippen LogP contribution in [0.4, 0.5) is 30.2 Å². The van der Waals surface area contributed by atoms with E-state index in [0.717, 1.165) is 0 Å². The number of aromatic amines is 1. The molecule has 0 aliphatic carbocycles. The molecule has 8 heteroatoms. The summed E-state index contributed by atoms with van der Waals surface area (Å²) in [5, 5.41) is 2.43. The molecular weight excluding hydrogens is 287 g/mol. The number of oxazole rings is 1. The molecule has 0 aliphatic heterocycles. The fourth-order valence-corrected chi connectivity index (χ4v) is 1.92. The van der Waals surface area contributed by atoms with Crippen molar-refractivity contribution < 1.29 is 17.6 Å². The van der Waals surface area contributed by atoms with E-state index in [4.69, 9.17) is 10.2 Å². The first-order chi connectivity index (χ1) is 9.94. The number of nitrogens with one attached hydrogen (secondary N) is 2. The molecule has 0 saturated heterocycles. The van der Waals surface area contributed by atoms with Crippen LogP contribution in [0.5, 0.6) is 0 Å². The number of benzene rings is 2. The average Bonchev–Trinajstić information content (AvgIpc) is 2.72. The highest BCUT2D eigenvalue weighted by molar-refractivity contribution is 5.87. The third-order valence-corrected chi connectivity index (χ3v) is 2.86. The van der Waals surface area contributed by atoms with Gasteiger partial charge in [0.15, 0.2) is 17.2 Å². The van der Waals surface area contributed by atoms with Crippen molar-refractivity contribution >= 4 is 28.2 Å². The molecule has 0 bridgehead atoms. The van der Waals surface area contributed by atoms with Crippen LogP contribution in [0.3, 0.4) is 0 Å². The molecule has 0 spiro atoms. The van der Waals surface area contributed by atoms with Crippen molar-refractivity contribution in [2.24, 2.45) is 0 Å². The Morgan fingerprint density at radius 2 is 1.76 bits per heavy atom. The fourth-order valence-electron chi connectivity index (χ4n) is 1.92. The summed E-state index contributed by atoms with van der Waals surface area (Å²) in [6, 6.07) is 3.77. The molecule has 4 N–H and O–H groups in total. The van der Waals surface area contributed by atoms with Gasteiger partial charge >= 0.3 is 5.76 Å². The van der Waals surface area contributed by atoms with Gasteiger partial charge in [0.2, 0.25) is 0 Å². The Hall–Kier alpha value is -2.90. The number of nitrogen functional groups attached to an aromatic ring is 1. The van der Waals surface area contributed by atoms with Crippen LogP contribution in [0, 0.1) is 17.5 Å². The van der Waals surface area contributed by atoms with Crippen LogP contribution in [0.1, 0.15) is 0 Å². The van der Waals surface area contributed by atoms with Crippen molar-refractivity contribution in [2.45, 2.75) is 0 Å². The molecule has 0 atom stereocenters. The minimum absolute atomic E-state index is 0.105. The van der Waals surface area contributed by atoms with E-state index in [0.29, 0.717) is 17.6 Å². The summed E-state index contributed by atoms with van der Waals surface area (Å²) in [4.78, 5) is 13.5. The summed E-state index contributed by atoms with van der Waals surface area (Å²) < 4.78 is 44.8. The lowest BCUT2D eigenvalue weighted by molar-refractivity contribution is 0.549. The van der Waals surface area contributed by atoms with E-state index in [-0.39, 0.29) is 17.0 Å². The van der Waals surface area contributed by atoms with Gasteiger partial charge in [-0.1, -0.05) is 0 Å². The van der Waals surface area contributed by atoms with E-state index in [9.17, 15) is 18.0 Å². The number of aromatic nitrogens is 1. The van der Waals surface area contributed by atoms with Gasteiger partial charge < -0.3 is 15.5 Å². The molecule has 21 heavy (non-hydrogen) atoms. The molecule has 5 nitrogen and oxygen atoms in total. The first kappa shape index (κ1) is 13.1. The second-order valence-corrected chi connectivity index (χ2v) is 4.32. The fraction of sp³-hybridized carbons (Fsp3) is 0. The highest BCUT2D eigenvalue weighted by Crippen LogP contribution is 2.30. The zero-order valence-electron chi connectivity index (χ0n) is 10.3. The van der Waals surface area contributed by atoms with E-state index >= 15 is 0 Å².